The Labute approximate surface area is 121 Å². The van der Waals surface area contributed by atoms with Crippen LogP contribution >= 0.6 is 12.2 Å². The zero-order valence-electron chi connectivity index (χ0n) is 12.1. The Morgan fingerprint density at radius 2 is 2.05 bits per heavy atom. The van der Waals surface area contributed by atoms with Crippen LogP contribution in [0.1, 0.15) is 52.1 Å². The smallest absolute Gasteiger partial charge is 0.144 e. The number of hydrogen-bond acceptors (Lipinski definition) is 4. The van der Waals surface area contributed by atoms with Gasteiger partial charge in [0.05, 0.1) is 12.4 Å². The highest BCUT2D eigenvalue weighted by atomic mass is 32.1. The van der Waals surface area contributed by atoms with Gasteiger partial charge in [0.25, 0.3) is 0 Å². The number of rotatable bonds is 8. The van der Waals surface area contributed by atoms with E-state index in [1.165, 1.54) is 25.7 Å². The van der Waals surface area contributed by atoms with Gasteiger partial charge in [-0.2, -0.15) is 0 Å². The number of aromatic nitrogens is 2. The van der Waals surface area contributed by atoms with Gasteiger partial charge in [-0.3, -0.25) is 0 Å². The second-order valence-electron chi connectivity index (χ2n) is 5.63. The highest BCUT2D eigenvalue weighted by molar-refractivity contribution is 7.80. The Balaban J connectivity index is 2.44. The summed E-state index contributed by atoms with van der Waals surface area (Å²) in [5.41, 5.74) is 6.30. The first-order chi connectivity index (χ1) is 8.94. The Kier molecular flexibility index (Phi) is 6.15. The summed E-state index contributed by atoms with van der Waals surface area (Å²) in [5, 5.41) is 3.32. The summed E-state index contributed by atoms with van der Waals surface area (Å²) in [6.45, 7) is 7.65. The fourth-order valence-electron chi connectivity index (χ4n) is 1.82. The van der Waals surface area contributed by atoms with E-state index in [0.717, 1.165) is 12.4 Å². The third-order valence-electron chi connectivity index (χ3n) is 3.11. The Morgan fingerprint density at radius 1 is 1.32 bits per heavy atom. The lowest BCUT2D eigenvalue weighted by Gasteiger charge is -2.25. The fourth-order valence-corrected chi connectivity index (χ4v) is 1.92. The number of nitrogens with zero attached hydrogens (tertiary/aromatic N) is 2. The minimum atomic E-state index is 0.263. The van der Waals surface area contributed by atoms with E-state index >= 15 is 0 Å². The van der Waals surface area contributed by atoms with Crippen LogP contribution in [0.3, 0.4) is 0 Å². The molecule has 0 aliphatic heterocycles. The number of hydrogen-bond donors (Lipinski definition) is 2. The molecule has 3 N–H and O–H groups in total. The molecule has 19 heavy (non-hydrogen) atoms. The van der Waals surface area contributed by atoms with Gasteiger partial charge in [0.1, 0.15) is 16.5 Å². The van der Waals surface area contributed by atoms with Crippen LogP contribution in [0.2, 0.25) is 0 Å². The molecule has 0 bridgehead atoms. The van der Waals surface area contributed by atoms with Gasteiger partial charge in [-0.15, -0.1) is 0 Å². The Bertz CT molecular complexity index is 400. The third-order valence-corrected chi connectivity index (χ3v) is 3.32. The molecule has 0 spiro atoms. The minimum Gasteiger partial charge on any atom is -0.388 e. The SMILES string of the molecule is CCCCCC(C)(C)CNc1cnc(C(N)=S)cn1. The summed E-state index contributed by atoms with van der Waals surface area (Å²) in [7, 11) is 0. The molecule has 106 valence electrons. The maximum Gasteiger partial charge on any atom is 0.144 e. The quantitative estimate of drug-likeness (QED) is 0.566. The van der Waals surface area contributed by atoms with Crippen LogP contribution in [0.15, 0.2) is 12.4 Å². The lowest BCUT2D eigenvalue weighted by atomic mass is 9.87. The maximum atomic E-state index is 5.48. The first kappa shape index (κ1) is 15.8. The van der Waals surface area contributed by atoms with Crippen molar-refractivity contribution < 1.29 is 0 Å². The van der Waals surface area contributed by atoms with E-state index in [1.807, 2.05) is 0 Å². The van der Waals surface area contributed by atoms with Crippen molar-refractivity contribution in [2.24, 2.45) is 11.1 Å². The molecule has 1 aromatic heterocycles. The molecule has 0 saturated heterocycles. The van der Waals surface area contributed by atoms with Crippen LogP contribution in [-0.2, 0) is 0 Å². The number of thiocarbonyl (C=S) groups is 1. The monoisotopic (exact) mass is 280 g/mol. The molecule has 0 aromatic carbocycles. The van der Waals surface area contributed by atoms with Gasteiger partial charge >= 0.3 is 0 Å². The lowest BCUT2D eigenvalue weighted by molar-refractivity contribution is 0.342. The molecule has 0 radical (unpaired) electrons. The van der Waals surface area contributed by atoms with Crippen molar-refractivity contribution in [1.29, 1.82) is 0 Å². The molecule has 0 aliphatic rings. The molecule has 0 aliphatic carbocycles. The van der Waals surface area contributed by atoms with E-state index < -0.39 is 0 Å². The second kappa shape index (κ2) is 7.38. The van der Waals surface area contributed by atoms with Crippen LogP contribution in [0.25, 0.3) is 0 Å². The van der Waals surface area contributed by atoms with E-state index in [4.69, 9.17) is 18.0 Å². The summed E-state index contributed by atoms with van der Waals surface area (Å²) < 4.78 is 0. The van der Waals surface area contributed by atoms with Crippen LogP contribution < -0.4 is 11.1 Å². The van der Waals surface area contributed by atoms with Crippen LogP contribution in [0, 0.1) is 5.41 Å². The molecule has 0 unspecified atom stereocenters. The first-order valence-electron chi connectivity index (χ1n) is 6.80. The predicted octanol–water partition coefficient (Wildman–Crippen LogP) is 3.13. The van der Waals surface area contributed by atoms with Crippen molar-refractivity contribution in [2.45, 2.75) is 46.5 Å². The van der Waals surface area contributed by atoms with Crippen molar-refractivity contribution >= 4 is 23.0 Å². The lowest BCUT2D eigenvalue weighted by Crippen LogP contribution is -2.23. The Hall–Kier alpha value is -1.23. The summed E-state index contributed by atoms with van der Waals surface area (Å²) >= 11 is 4.84. The number of nitrogens with one attached hydrogen (secondary N) is 1. The first-order valence-corrected chi connectivity index (χ1v) is 7.21. The normalized spacial score (nSPS) is 11.3. The third kappa shape index (κ3) is 5.96. The van der Waals surface area contributed by atoms with Crippen molar-refractivity contribution in [3.05, 3.63) is 18.1 Å². The molecular weight excluding hydrogens is 256 g/mol. The molecule has 5 heteroatoms. The van der Waals surface area contributed by atoms with Gasteiger partial charge in [-0.05, 0) is 11.8 Å². The standard InChI is InChI=1S/C14H24N4S/c1-4-5-6-7-14(2,3)10-18-12-9-16-11(8-17-12)13(15)19/h8-9H,4-7,10H2,1-3H3,(H2,15,19)(H,17,18). The van der Waals surface area contributed by atoms with Crippen molar-refractivity contribution in [3.63, 3.8) is 0 Å². The van der Waals surface area contributed by atoms with Gasteiger partial charge < -0.3 is 11.1 Å². The van der Waals surface area contributed by atoms with Crippen LogP contribution in [0.4, 0.5) is 5.82 Å². The van der Waals surface area contributed by atoms with E-state index in [-0.39, 0.29) is 10.4 Å². The molecule has 0 saturated carbocycles. The maximum absolute atomic E-state index is 5.48. The van der Waals surface area contributed by atoms with E-state index in [1.54, 1.807) is 12.4 Å². The van der Waals surface area contributed by atoms with Crippen LogP contribution in [0.5, 0.6) is 0 Å². The van der Waals surface area contributed by atoms with Gasteiger partial charge in [0.2, 0.25) is 0 Å². The predicted molar refractivity (Wildman–Crippen MR) is 84.3 cm³/mol. The molecule has 0 amide bonds. The molecule has 1 rings (SSSR count). The van der Waals surface area contributed by atoms with Crippen molar-refractivity contribution in [3.8, 4) is 0 Å². The van der Waals surface area contributed by atoms with Crippen molar-refractivity contribution in [1.82, 2.24) is 9.97 Å². The van der Waals surface area contributed by atoms with Gasteiger partial charge in [0, 0.05) is 6.54 Å². The largest absolute Gasteiger partial charge is 0.388 e. The number of anilines is 1. The average molecular weight is 280 g/mol. The highest BCUT2D eigenvalue weighted by Gasteiger charge is 2.17. The zero-order valence-corrected chi connectivity index (χ0v) is 12.9. The zero-order chi connectivity index (χ0) is 14.3. The molecule has 4 nitrogen and oxygen atoms in total. The number of unbranched alkanes of at least 4 members (excludes halogenated alkanes) is 2. The van der Waals surface area contributed by atoms with E-state index in [9.17, 15) is 0 Å². The summed E-state index contributed by atoms with van der Waals surface area (Å²) in [4.78, 5) is 8.70. The molecule has 0 atom stereocenters. The number of nitrogens with two attached hydrogens (primary N) is 1. The van der Waals surface area contributed by atoms with Gasteiger partial charge in [-0.1, -0.05) is 52.3 Å². The average Bonchev–Trinajstić information content (AvgIpc) is 2.37. The van der Waals surface area contributed by atoms with Gasteiger partial charge in [0.15, 0.2) is 0 Å². The Morgan fingerprint density at radius 3 is 2.58 bits per heavy atom. The fraction of sp³-hybridized carbons (Fsp3) is 0.643. The molecule has 1 aromatic rings. The summed E-state index contributed by atoms with van der Waals surface area (Å²) in [6, 6.07) is 0. The van der Waals surface area contributed by atoms with Crippen LogP contribution in [-0.4, -0.2) is 21.5 Å². The molecule has 1 heterocycles. The highest BCUT2D eigenvalue weighted by Crippen LogP contribution is 2.23. The second-order valence-corrected chi connectivity index (χ2v) is 6.07. The summed E-state index contributed by atoms with van der Waals surface area (Å²) in [6.07, 6.45) is 8.33. The minimum absolute atomic E-state index is 0.263. The molecular formula is C14H24N4S. The topological polar surface area (TPSA) is 63.8 Å². The van der Waals surface area contributed by atoms with Gasteiger partial charge in [-0.25, -0.2) is 9.97 Å². The molecule has 0 fully saturated rings. The van der Waals surface area contributed by atoms with E-state index in [2.05, 4.69) is 36.1 Å². The van der Waals surface area contributed by atoms with Crippen molar-refractivity contribution in [2.75, 3.05) is 11.9 Å². The van der Waals surface area contributed by atoms with E-state index in [0.29, 0.717) is 5.69 Å². The summed E-state index contributed by atoms with van der Waals surface area (Å²) in [5.74, 6) is 0.767.